The molecule has 5 rings (SSSR count). The molecule has 1 atom stereocenters. The Morgan fingerprint density at radius 2 is 1.82 bits per heavy atom. The van der Waals surface area contributed by atoms with Crippen LogP contribution in [0.1, 0.15) is 34.3 Å². The van der Waals surface area contributed by atoms with Crippen LogP contribution < -0.4 is 5.32 Å². The Labute approximate surface area is 166 Å². The lowest BCUT2D eigenvalue weighted by molar-refractivity contribution is -0.136. The number of nitrogens with zero attached hydrogens (tertiary/aromatic N) is 1. The minimum atomic E-state index is -0.589. The van der Waals surface area contributed by atoms with Gasteiger partial charge in [-0.15, -0.1) is 11.3 Å². The van der Waals surface area contributed by atoms with Crippen molar-refractivity contribution in [1.82, 2.24) is 10.2 Å². The molecule has 1 unspecified atom stereocenters. The number of thiophene rings is 1. The third kappa shape index (κ3) is 2.48. The molecule has 0 radical (unpaired) electrons. The van der Waals surface area contributed by atoms with Gasteiger partial charge in [-0.1, -0.05) is 30.3 Å². The topological polar surface area (TPSA) is 66.5 Å². The van der Waals surface area contributed by atoms with E-state index in [1.807, 2.05) is 24.3 Å². The van der Waals surface area contributed by atoms with E-state index >= 15 is 0 Å². The first-order valence-corrected chi connectivity index (χ1v) is 10.1. The Balaban J connectivity index is 1.57. The van der Waals surface area contributed by atoms with Crippen LogP contribution >= 0.6 is 11.3 Å². The molecule has 2 aromatic carbocycles. The van der Waals surface area contributed by atoms with Crippen LogP contribution in [0.5, 0.6) is 0 Å². The molecule has 1 aromatic heterocycles. The molecule has 2 aliphatic rings. The molecular formula is C22H18N2O3S. The second kappa shape index (κ2) is 6.27. The number of amides is 3. The molecule has 1 fully saturated rings. The molecular weight excluding hydrogens is 372 g/mol. The van der Waals surface area contributed by atoms with Crippen molar-refractivity contribution in [3.63, 3.8) is 0 Å². The molecule has 2 aliphatic heterocycles. The second-order valence-electron chi connectivity index (χ2n) is 7.28. The molecule has 1 N–H and O–H groups in total. The zero-order valence-corrected chi connectivity index (χ0v) is 16.1. The second-order valence-corrected chi connectivity index (χ2v) is 8.34. The molecule has 0 spiro atoms. The minimum Gasteiger partial charge on any atom is -0.322 e. The normalized spacial score (nSPS) is 19.2. The summed E-state index contributed by atoms with van der Waals surface area (Å²) >= 11 is 1.73. The van der Waals surface area contributed by atoms with Gasteiger partial charge >= 0.3 is 0 Å². The third-order valence-electron chi connectivity index (χ3n) is 5.67. The van der Waals surface area contributed by atoms with Gasteiger partial charge in [-0.05, 0) is 47.6 Å². The van der Waals surface area contributed by atoms with Crippen LogP contribution in [0.25, 0.3) is 20.5 Å². The van der Waals surface area contributed by atoms with Gasteiger partial charge in [-0.25, -0.2) is 0 Å². The van der Waals surface area contributed by atoms with Crippen molar-refractivity contribution >= 4 is 39.1 Å². The maximum absolute atomic E-state index is 13.0. The van der Waals surface area contributed by atoms with Gasteiger partial charge in [0.25, 0.3) is 5.91 Å². The van der Waals surface area contributed by atoms with Gasteiger partial charge in [0, 0.05) is 28.1 Å². The number of piperidine rings is 1. The molecule has 5 nitrogen and oxygen atoms in total. The summed E-state index contributed by atoms with van der Waals surface area (Å²) < 4.78 is 1.22. The van der Waals surface area contributed by atoms with Gasteiger partial charge in [0.05, 0.1) is 0 Å². The summed E-state index contributed by atoms with van der Waals surface area (Å²) in [6, 6.07) is 13.5. The fraction of sp³-hybridized carbons (Fsp3) is 0.227. The molecule has 1 saturated heterocycles. The Kier molecular flexibility index (Phi) is 3.84. The summed E-state index contributed by atoms with van der Waals surface area (Å²) in [4.78, 5) is 39.6. The van der Waals surface area contributed by atoms with Gasteiger partial charge in [-0.3, -0.25) is 19.7 Å². The number of hydrogen-bond acceptors (Lipinski definition) is 4. The van der Waals surface area contributed by atoms with Crippen molar-refractivity contribution in [3.05, 3.63) is 59.2 Å². The molecule has 3 aromatic rings. The smallest absolute Gasteiger partial charge is 0.255 e. The van der Waals surface area contributed by atoms with E-state index in [-0.39, 0.29) is 24.1 Å². The van der Waals surface area contributed by atoms with Crippen LogP contribution in [-0.2, 0) is 16.1 Å². The van der Waals surface area contributed by atoms with Crippen molar-refractivity contribution in [2.24, 2.45) is 0 Å². The Bertz CT molecular complexity index is 1160. The monoisotopic (exact) mass is 390 g/mol. The average molecular weight is 390 g/mol. The summed E-state index contributed by atoms with van der Waals surface area (Å²) in [5.41, 5.74) is 3.88. The lowest BCUT2D eigenvalue weighted by atomic mass is 9.99. The third-order valence-corrected chi connectivity index (χ3v) is 6.98. The number of fused-ring (bicyclic) bond motifs is 2. The van der Waals surface area contributed by atoms with Crippen molar-refractivity contribution in [3.8, 4) is 10.4 Å². The van der Waals surface area contributed by atoms with Gasteiger partial charge < -0.3 is 4.90 Å². The molecule has 3 amide bonds. The van der Waals surface area contributed by atoms with Crippen molar-refractivity contribution in [1.29, 1.82) is 0 Å². The van der Waals surface area contributed by atoms with Gasteiger partial charge in [0.15, 0.2) is 0 Å². The average Bonchev–Trinajstić information content (AvgIpc) is 3.20. The highest BCUT2D eigenvalue weighted by Crippen LogP contribution is 2.42. The van der Waals surface area contributed by atoms with Crippen LogP contribution in [0, 0.1) is 6.92 Å². The zero-order chi connectivity index (χ0) is 19.4. The molecule has 0 bridgehead atoms. The highest BCUT2D eigenvalue weighted by atomic mass is 32.1. The maximum atomic E-state index is 13.0. The Hall–Kier alpha value is -2.99. The van der Waals surface area contributed by atoms with Crippen LogP contribution in [0.15, 0.2) is 42.5 Å². The van der Waals surface area contributed by atoms with Gasteiger partial charge in [0.1, 0.15) is 6.04 Å². The number of carbonyl (C=O) groups is 3. The quantitative estimate of drug-likeness (QED) is 0.680. The molecule has 3 heterocycles. The van der Waals surface area contributed by atoms with Gasteiger partial charge in [-0.2, -0.15) is 0 Å². The SMILES string of the molecule is Cc1c(-c2cccc3c2CN(C2CCC(=O)NC2=O)C3=O)sc2ccccc12. The van der Waals surface area contributed by atoms with E-state index in [4.69, 9.17) is 0 Å². The molecule has 0 saturated carbocycles. The first kappa shape index (κ1) is 17.1. The van der Waals surface area contributed by atoms with E-state index in [9.17, 15) is 14.4 Å². The van der Waals surface area contributed by atoms with Crippen LogP contribution in [0.2, 0.25) is 0 Å². The number of aryl methyl sites for hydroxylation is 1. The molecule has 140 valence electrons. The number of rotatable bonds is 2. The van der Waals surface area contributed by atoms with Crippen LogP contribution in [-0.4, -0.2) is 28.7 Å². The number of benzene rings is 2. The Morgan fingerprint density at radius 1 is 1.04 bits per heavy atom. The maximum Gasteiger partial charge on any atom is 0.255 e. The summed E-state index contributed by atoms with van der Waals surface area (Å²) in [6.07, 6.45) is 0.639. The number of hydrogen-bond donors (Lipinski definition) is 1. The fourth-order valence-electron chi connectivity index (χ4n) is 4.23. The first-order valence-electron chi connectivity index (χ1n) is 9.29. The fourth-order valence-corrected chi connectivity index (χ4v) is 5.49. The molecule has 0 aliphatic carbocycles. The molecule has 6 heteroatoms. The zero-order valence-electron chi connectivity index (χ0n) is 15.3. The largest absolute Gasteiger partial charge is 0.322 e. The predicted molar refractivity (Wildman–Crippen MR) is 108 cm³/mol. The van der Waals surface area contributed by atoms with Crippen molar-refractivity contribution < 1.29 is 14.4 Å². The summed E-state index contributed by atoms with van der Waals surface area (Å²) in [5, 5.41) is 3.59. The van der Waals surface area contributed by atoms with Crippen molar-refractivity contribution in [2.45, 2.75) is 32.4 Å². The van der Waals surface area contributed by atoms with E-state index < -0.39 is 6.04 Å². The van der Waals surface area contributed by atoms with E-state index in [1.54, 1.807) is 16.2 Å². The lowest BCUT2D eigenvalue weighted by Gasteiger charge is -2.29. The number of nitrogens with one attached hydrogen (secondary N) is 1. The van der Waals surface area contributed by atoms with E-state index in [0.717, 1.165) is 16.0 Å². The molecule has 28 heavy (non-hydrogen) atoms. The van der Waals surface area contributed by atoms with E-state index in [0.29, 0.717) is 18.5 Å². The van der Waals surface area contributed by atoms with E-state index in [2.05, 4.69) is 30.4 Å². The minimum absolute atomic E-state index is 0.134. The Morgan fingerprint density at radius 3 is 2.61 bits per heavy atom. The predicted octanol–water partition coefficient (Wildman–Crippen LogP) is 3.64. The van der Waals surface area contributed by atoms with Gasteiger partial charge in [0.2, 0.25) is 11.8 Å². The summed E-state index contributed by atoms with van der Waals surface area (Å²) in [7, 11) is 0. The van der Waals surface area contributed by atoms with Crippen LogP contribution in [0.3, 0.4) is 0 Å². The van der Waals surface area contributed by atoms with Crippen molar-refractivity contribution in [2.75, 3.05) is 0 Å². The first-order chi connectivity index (χ1) is 13.5. The standard InChI is InChI=1S/C22H18N2O3S/c1-12-13-5-2-3-8-18(13)28-20(12)14-6-4-7-15-16(14)11-24(22(15)27)17-9-10-19(25)23-21(17)26/h2-8,17H,9-11H2,1H3,(H,23,25,26). The summed E-state index contributed by atoms with van der Waals surface area (Å²) in [6.45, 7) is 2.51. The van der Waals surface area contributed by atoms with E-state index in [1.165, 1.54) is 15.6 Å². The lowest BCUT2D eigenvalue weighted by Crippen LogP contribution is -2.52. The number of imide groups is 1. The van der Waals surface area contributed by atoms with Crippen LogP contribution in [0.4, 0.5) is 0 Å². The summed E-state index contributed by atoms with van der Waals surface area (Å²) in [5.74, 6) is -0.783. The highest BCUT2D eigenvalue weighted by Gasteiger charge is 2.40. The number of carbonyl (C=O) groups excluding carboxylic acids is 3. The highest BCUT2D eigenvalue weighted by molar-refractivity contribution is 7.22.